The molecule has 3 unspecified atom stereocenters. The summed E-state index contributed by atoms with van der Waals surface area (Å²) >= 11 is 0. The zero-order chi connectivity index (χ0) is 12.2. The lowest BCUT2D eigenvalue weighted by atomic mass is 10.00. The fraction of sp³-hybridized carbons (Fsp3) is 0.909. The molecule has 3 atom stereocenters. The molecule has 5 heteroatoms. The van der Waals surface area contributed by atoms with Crippen molar-refractivity contribution < 1.29 is 19.4 Å². The van der Waals surface area contributed by atoms with E-state index in [0.29, 0.717) is 32.5 Å². The van der Waals surface area contributed by atoms with Crippen LogP contribution >= 0.6 is 0 Å². The minimum absolute atomic E-state index is 0.0129. The highest BCUT2D eigenvalue weighted by Crippen LogP contribution is 2.30. The number of ether oxygens (including phenoxy) is 2. The lowest BCUT2D eigenvalue weighted by molar-refractivity contribution is -0.143. The molecule has 0 aliphatic heterocycles. The highest BCUT2D eigenvalue weighted by molar-refractivity contribution is 5.78. The number of rotatable bonds is 6. The smallest absolute Gasteiger partial charge is 0.323 e. The van der Waals surface area contributed by atoms with E-state index >= 15 is 0 Å². The molecule has 0 aromatic heterocycles. The van der Waals surface area contributed by atoms with Gasteiger partial charge in [0, 0.05) is 13.0 Å². The van der Waals surface area contributed by atoms with Crippen LogP contribution < -0.4 is 5.73 Å². The molecule has 0 saturated heterocycles. The van der Waals surface area contributed by atoms with Gasteiger partial charge in [0.05, 0.1) is 18.8 Å². The Morgan fingerprint density at radius 3 is 2.88 bits per heavy atom. The molecule has 1 aliphatic rings. The molecule has 1 saturated carbocycles. The van der Waals surface area contributed by atoms with E-state index in [-0.39, 0.29) is 12.2 Å². The first-order valence-electron chi connectivity index (χ1n) is 5.73. The van der Waals surface area contributed by atoms with Gasteiger partial charge >= 0.3 is 5.97 Å². The van der Waals surface area contributed by atoms with Crippen molar-refractivity contribution in [3.63, 3.8) is 0 Å². The lowest BCUT2D eigenvalue weighted by Crippen LogP contribution is -2.46. The molecule has 1 aliphatic carbocycles. The molecule has 1 rings (SSSR count). The number of hydrogen-bond donors (Lipinski definition) is 2. The van der Waals surface area contributed by atoms with E-state index in [1.807, 2.05) is 13.8 Å². The van der Waals surface area contributed by atoms with Gasteiger partial charge in [-0.1, -0.05) is 0 Å². The molecule has 0 heterocycles. The van der Waals surface area contributed by atoms with Crippen molar-refractivity contribution in [2.45, 2.75) is 50.9 Å². The van der Waals surface area contributed by atoms with Gasteiger partial charge in [0.2, 0.25) is 0 Å². The molecule has 1 fully saturated rings. The van der Waals surface area contributed by atoms with Crippen LogP contribution in [0.4, 0.5) is 0 Å². The number of nitrogens with two attached hydrogens (primary N) is 1. The van der Waals surface area contributed by atoms with Crippen LogP contribution in [0.5, 0.6) is 0 Å². The Labute approximate surface area is 95.9 Å². The number of carboxylic acids is 1. The van der Waals surface area contributed by atoms with Gasteiger partial charge in [0.1, 0.15) is 5.54 Å². The Hall–Kier alpha value is -0.650. The summed E-state index contributed by atoms with van der Waals surface area (Å²) in [6.07, 6.45) is 1.50. The van der Waals surface area contributed by atoms with Crippen LogP contribution in [0, 0.1) is 0 Å². The van der Waals surface area contributed by atoms with Crippen molar-refractivity contribution in [1.29, 1.82) is 0 Å². The predicted molar refractivity (Wildman–Crippen MR) is 59.2 cm³/mol. The molecule has 0 aromatic carbocycles. The first-order valence-corrected chi connectivity index (χ1v) is 5.73. The van der Waals surface area contributed by atoms with Crippen molar-refractivity contribution in [1.82, 2.24) is 0 Å². The van der Waals surface area contributed by atoms with Gasteiger partial charge in [0.25, 0.3) is 0 Å². The second-order valence-electron chi connectivity index (χ2n) is 4.43. The summed E-state index contributed by atoms with van der Waals surface area (Å²) in [6.45, 7) is 5.05. The number of carboxylic acid groups (broad SMARTS) is 1. The van der Waals surface area contributed by atoms with Crippen LogP contribution in [-0.2, 0) is 14.3 Å². The van der Waals surface area contributed by atoms with Crippen molar-refractivity contribution >= 4 is 5.97 Å². The predicted octanol–water partition coefficient (Wildman–Crippen LogP) is 0.763. The molecular formula is C11H21NO4. The summed E-state index contributed by atoms with van der Waals surface area (Å²) in [6, 6.07) is 0. The van der Waals surface area contributed by atoms with Gasteiger partial charge in [0.15, 0.2) is 0 Å². The van der Waals surface area contributed by atoms with Crippen LogP contribution in [0.25, 0.3) is 0 Å². The molecule has 0 aromatic rings. The van der Waals surface area contributed by atoms with Crippen molar-refractivity contribution in [3.8, 4) is 0 Å². The Kier molecular flexibility index (Phi) is 4.70. The molecule has 0 radical (unpaired) electrons. The zero-order valence-corrected chi connectivity index (χ0v) is 9.94. The molecule has 5 nitrogen and oxygen atoms in total. The third-order valence-corrected chi connectivity index (χ3v) is 2.91. The summed E-state index contributed by atoms with van der Waals surface area (Å²) in [5.41, 5.74) is 4.66. The molecule has 94 valence electrons. The minimum atomic E-state index is -1.10. The zero-order valence-electron chi connectivity index (χ0n) is 9.94. The average molecular weight is 231 g/mol. The second-order valence-corrected chi connectivity index (χ2v) is 4.43. The van der Waals surface area contributed by atoms with Gasteiger partial charge in [-0.25, -0.2) is 0 Å². The van der Waals surface area contributed by atoms with E-state index in [0.717, 1.165) is 0 Å². The summed E-state index contributed by atoms with van der Waals surface area (Å²) < 4.78 is 10.9. The Morgan fingerprint density at radius 2 is 2.38 bits per heavy atom. The van der Waals surface area contributed by atoms with Crippen molar-refractivity contribution in [2.75, 3.05) is 13.2 Å². The summed E-state index contributed by atoms with van der Waals surface area (Å²) in [4.78, 5) is 10.9. The van der Waals surface area contributed by atoms with Crippen LogP contribution in [0.2, 0.25) is 0 Å². The summed E-state index contributed by atoms with van der Waals surface area (Å²) in [5.74, 6) is -0.934. The molecule has 3 N–H and O–H groups in total. The summed E-state index contributed by atoms with van der Waals surface area (Å²) in [5, 5.41) is 8.96. The third kappa shape index (κ3) is 3.43. The van der Waals surface area contributed by atoms with Crippen LogP contribution in [0.1, 0.15) is 33.1 Å². The maximum atomic E-state index is 10.9. The van der Waals surface area contributed by atoms with Gasteiger partial charge in [-0.3, -0.25) is 4.79 Å². The Morgan fingerprint density at radius 1 is 1.69 bits per heavy atom. The van der Waals surface area contributed by atoms with E-state index in [2.05, 4.69) is 0 Å². The van der Waals surface area contributed by atoms with E-state index in [1.165, 1.54) is 0 Å². The van der Waals surface area contributed by atoms with Gasteiger partial charge < -0.3 is 20.3 Å². The van der Waals surface area contributed by atoms with Crippen LogP contribution in [0.3, 0.4) is 0 Å². The second kappa shape index (κ2) is 5.61. The molecule has 0 amide bonds. The Bertz CT molecular complexity index is 246. The third-order valence-electron chi connectivity index (χ3n) is 2.91. The normalized spacial score (nSPS) is 31.6. The molecule has 0 spiro atoms. The SMILES string of the molecule is CCOCC(C)OC1CCC(N)(C(=O)O)C1. The lowest BCUT2D eigenvalue weighted by Gasteiger charge is -2.21. The Balaban J connectivity index is 2.33. The number of carbonyl (C=O) groups is 1. The first-order chi connectivity index (χ1) is 7.48. The standard InChI is InChI=1S/C11H21NO4/c1-3-15-7-8(2)16-9-4-5-11(12,6-9)10(13)14/h8-9H,3-7,12H2,1-2H3,(H,13,14). The monoisotopic (exact) mass is 231 g/mol. The van der Waals surface area contributed by atoms with Gasteiger partial charge in [-0.2, -0.15) is 0 Å². The topological polar surface area (TPSA) is 81.8 Å². The molecule has 16 heavy (non-hydrogen) atoms. The van der Waals surface area contributed by atoms with E-state index in [9.17, 15) is 4.79 Å². The van der Waals surface area contributed by atoms with Gasteiger partial charge in [-0.15, -0.1) is 0 Å². The summed E-state index contributed by atoms with van der Waals surface area (Å²) in [7, 11) is 0. The van der Waals surface area contributed by atoms with E-state index in [1.54, 1.807) is 0 Å². The average Bonchev–Trinajstić information content (AvgIpc) is 2.58. The number of aliphatic carboxylic acids is 1. The highest BCUT2D eigenvalue weighted by Gasteiger charge is 2.42. The number of hydrogen-bond acceptors (Lipinski definition) is 4. The van der Waals surface area contributed by atoms with Crippen molar-refractivity contribution in [2.24, 2.45) is 5.73 Å². The maximum Gasteiger partial charge on any atom is 0.323 e. The van der Waals surface area contributed by atoms with E-state index < -0.39 is 11.5 Å². The quantitative estimate of drug-likeness (QED) is 0.705. The maximum absolute atomic E-state index is 10.9. The van der Waals surface area contributed by atoms with Crippen LogP contribution in [-0.4, -0.2) is 42.0 Å². The van der Waals surface area contributed by atoms with Gasteiger partial charge in [-0.05, 0) is 26.7 Å². The van der Waals surface area contributed by atoms with E-state index in [4.69, 9.17) is 20.3 Å². The minimum Gasteiger partial charge on any atom is -0.480 e. The molecular weight excluding hydrogens is 210 g/mol. The van der Waals surface area contributed by atoms with Crippen molar-refractivity contribution in [3.05, 3.63) is 0 Å². The fourth-order valence-electron chi connectivity index (χ4n) is 1.99. The highest BCUT2D eigenvalue weighted by atomic mass is 16.5. The van der Waals surface area contributed by atoms with Crippen LogP contribution in [0.15, 0.2) is 0 Å². The largest absolute Gasteiger partial charge is 0.480 e. The molecule has 0 bridgehead atoms. The fourth-order valence-corrected chi connectivity index (χ4v) is 1.99. The first kappa shape index (κ1) is 13.4.